The lowest BCUT2D eigenvalue weighted by molar-refractivity contribution is 0.285. The van der Waals surface area contributed by atoms with E-state index in [1.807, 2.05) is 6.07 Å². The van der Waals surface area contributed by atoms with Crippen molar-refractivity contribution in [3.8, 4) is 0 Å². The Hall–Kier alpha value is -0.620. The first-order valence-electron chi connectivity index (χ1n) is 5.93. The Labute approximate surface area is 114 Å². The van der Waals surface area contributed by atoms with Gasteiger partial charge in [-0.2, -0.15) is 4.31 Å². The lowest BCUT2D eigenvalue weighted by atomic mass is 10.2. The molecular formula is C12H17ClN2O2S. The van der Waals surface area contributed by atoms with E-state index in [1.54, 1.807) is 28.6 Å². The van der Waals surface area contributed by atoms with Crippen LogP contribution in [0, 0.1) is 0 Å². The lowest BCUT2D eigenvalue weighted by Crippen LogP contribution is -2.54. The predicted octanol–water partition coefficient (Wildman–Crippen LogP) is 1.23. The summed E-state index contributed by atoms with van der Waals surface area (Å²) in [4.78, 5) is 0.401. The van der Waals surface area contributed by atoms with Crippen LogP contribution in [0.3, 0.4) is 0 Å². The van der Waals surface area contributed by atoms with Gasteiger partial charge in [-0.1, -0.05) is 18.2 Å². The molecule has 1 N–H and O–H groups in total. The minimum atomic E-state index is -3.30. The van der Waals surface area contributed by atoms with Crippen molar-refractivity contribution in [1.82, 2.24) is 9.62 Å². The second-order valence-electron chi connectivity index (χ2n) is 4.86. The van der Waals surface area contributed by atoms with Gasteiger partial charge in [-0.15, -0.1) is 12.4 Å². The van der Waals surface area contributed by atoms with Crippen LogP contribution in [0.1, 0.15) is 12.8 Å². The fourth-order valence-electron chi connectivity index (χ4n) is 2.35. The molecule has 1 saturated carbocycles. The Kier molecular flexibility index (Phi) is 3.69. The highest BCUT2D eigenvalue weighted by Crippen LogP contribution is 2.38. The molecule has 0 aromatic heterocycles. The van der Waals surface area contributed by atoms with Crippen molar-refractivity contribution in [2.24, 2.45) is 0 Å². The zero-order valence-corrected chi connectivity index (χ0v) is 11.6. The fourth-order valence-corrected chi connectivity index (χ4v) is 3.90. The molecule has 0 bridgehead atoms. The molecule has 2 fully saturated rings. The SMILES string of the molecule is Cl.O=S(=O)(c1ccccc1)N1CCNC2(CC2)C1. The average molecular weight is 289 g/mol. The number of nitrogens with one attached hydrogen (secondary N) is 1. The van der Waals surface area contributed by atoms with Gasteiger partial charge in [0.1, 0.15) is 0 Å². The first-order valence-corrected chi connectivity index (χ1v) is 7.37. The van der Waals surface area contributed by atoms with Crippen molar-refractivity contribution in [1.29, 1.82) is 0 Å². The van der Waals surface area contributed by atoms with Gasteiger partial charge in [0.05, 0.1) is 4.90 Å². The third kappa shape index (κ3) is 2.40. The highest BCUT2D eigenvalue weighted by atomic mass is 35.5. The van der Waals surface area contributed by atoms with Crippen LogP contribution in [0.25, 0.3) is 0 Å². The van der Waals surface area contributed by atoms with E-state index < -0.39 is 10.0 Å². The van der Waals surface area contributed by atoms with E-state index in [-0.39, 0.29) is 17.9 Å². The van der Waals surface area contributed by atoms with Gasteiger partial charge in [-0.05, 0) is 25.0 Å². The van der Waals surface area contributed by atoms with Gasteiger partial charge >= 0.3 is 0 Å². The fraction of sp³-hybridized carbons (Fsp3) is 0.500. The van der Waals surface area contributed by atoms with Crippen molar-refractivity contribution in [3.63, 3.8) is 0 Å². The van der Waals surface area contributed by atoms with Crippen LogP contribution in [0.15, 0.2) is 35.2 Å². The molecule has 1 aliphatic heterocycles. The number of halogens is 1. The van der Waals surface area contributed by atoms with Gasteiger partial charge in [-0.25, -0.2) is 8.42 Å². The lowest BCUT2D eigenvalue weighted by Gasteiger charge is -2.33. The third-order valence-corrected chi connectivity index (χ3v) is 5.43. The number of nitrogens with zero attached hydrogens (tertiary/aromatic N) is 1. The Morgan fingerprint density at radius 1 is 1.17 bits per heavy atom. The van der Waals surface area contributed by atoms with Crippen LogP contribution >= 0.6 is 12.4 Å². The van der Waals surface area contributed by atoms with Gasteiger partial charge in [0.2, 0.25) is 10.0 Å². The molecule has 1 aromatic rings. The Morgan fingerprint density at radius 2 is 1.83 bits per heavy atom. The normalized spacial score (nSPS) is 22.4. The molecule has 0 radical (unpaired) electrons. The summed E-state index contributed by atoms with van der Waals surface area (Å²) in [6.45, 7) is 1.94. The van der Waals surface area contributed by atoms with E-state index in [0.29, 0.717) is 18.0 Å². The molecule has 1 saturated heterocycles. The van der Waals surface area contributed by atoms with Gasteiger partial charge < -0.3 is 5.32 Å². The molecule has 1 heterocycles. The second kappa shape index (κ2) is 4.81. The smallest absolute Gasteiger partial charge is 0.243 e. The van der Waals surface area contributed by atoms with Gasteiger partial charge in [0, 0.05) is 25.2 Å². The third-order valence-electron chi connectivity index (χ3n) is 3.57. The summed E-state index contributed by atoms with van der Waals surface area (Å²) in [7, 11) is -3.30. The van der Waals surface area contributed by atoms with Crippen LogP contribution < -0.4 is 5.32 Å². The maximum absolute atomic E-state index is 12.4. The molecule has 1 aromatic carbocycles. The molecule has 2 aliphatic rings. The maximum atomic E-state index is 12.4. The summed E-state index contributed by atoms with van der Waals surface area (Å²) in [5, 5.41) is 3.42. The maximum Gasteiger partial charge on any atom is 0.243 e. The molecule has 100 valence electrons. The molecule has 4 nitrogen and oxygen atoms in total. The molecule has 18 heavy (non-hydrogen) atoms. The van der Waals surface area contributed by atoms with Gasteiger partial charge in [0.15, 0.2) is 0 Å². The first-order chi connectivity index (χ1) is 8.12. The molecular weight excluding hydrogens is 272 g/mol. The highest BCUT2D eigenvalue weighted by molar-refractivity contribution is 7.89. The number of benzene rings is 1. The number of rotatable bonds is 2. The van der Waals surface area contributed by atoms with E-state index in [0.717, 1.165) is 19.4 Å². The zero-order chi connectivity index (χ0) is 11.9. The molecule has 0 unspecified atom stereocenters. The van der Waals surface area contributed by atoms with Crippen molar-refractivity contribution in [3.05, 3.63) is 30.3 Å². The summed E-state index contributed by atoms with van der Waals surface area (Å²) >= 11 is 0. The van der Waals surface area contributed by atoms with Crippen molar-refractivity contribution in [2.45, 2.75) is 23.3 Å². The highest BCUT2D eigenvalue weighted by Gasteiger charge is 2.48. The van der Waals surface area contributed by atoms with Crippen molar-refractivity contribution >= 4 is 22.4 Å². The first kappa shape index (κ1) is 13.8. The van der Waals surface area contributed by atoms with Crippen molar-refractivity contribution < 1.29 is 8.42 Å². The van der Waals surface area contributed by atoms with E-state index in [9.17, 15) is 8.42 Å². The standard InChI is InChI=1S/C12H16N2O2S.ClH/c15-17(16,11-4-2-1-3-5-11)14-9-8-13-12(10-14)6-7-12;/h1-5,13H,6-10H2;1H. The van der Waals surface area contributed by atoms with Crippen LogP contribution in [0.5, 0.6) is 0 Å². The van der Waals surface area contributed by atoms with Gasteiger partial charge in [0.25, 0.3) is 0 Å². The van der Waals surface area contributed by atoms with E-state index in [1.165, 1.54) is 0 Å². The minimum absolute atomic E-state index is 0. The van der Waals surface area contributed by atoms with Crippen LogP contribution in [0.4, 0.5) is 0 Å². The molecule has 1 aliphatic carbocycles. The van der Waals surface area contributed by atoms with Gasteiger partial charge in [-0.3, -0.25) is 0 Å². The van der Waals surface area contributed by atoms with E-state index in [2.05, 4.69) is 5.32 Å². The Balaban J connectivity index is 0.00000120. The second-order valence-corrected chi connectivity index (χ2v) is 6.80. The molecule has 0 amide bonds. The zero-order valence-electron chi connectivity index (χ0n) is 10.0. The number of hydrogen-bond donors (Lipinski definition) is 1. The number of sulfonamides is 1. The van der Waals surface area contributed by atoms with E-state index in [4.69, 9.17) is 0 Å². The molecule has 6 heteroatoms. The monoisotopic (exact) mass is 288 g/mol. The molecule has 0 atom stereocenters. The van der Waals surface area contributed by atoms with Crippen molar-refractivity contribution in [2.75, 3.05) is 19.6 Å². The minimum Gasteiger partial charge on any atom is -0.309 e. The largest absolute Gasteiger partial charge is 0.309 e. The Bertz CT molecular complexity index is 514. The molecule has 1 spiro atoms. The summed E-state index contributed by atoms with van der Waals surface area (Å²) in [5.41, 5.74) is 0.0834. The summed E-state index contributed by atoms with van der Waals surface area (Å²) in [6.07, 6.45) is 2.18. The van der Waals surface area contributed by atoms with E-state index >= 15 is 0 Å². The number of piperazine rings is 1. The average Bonchev–Trinajstić information content (AvgIpc) is 3.09. The summed E-state index contributed by atoms with van der Waals surface area (Å²) in [5.74, 6) is 0. The number of hydrogen-bond acceptors (Lipinski definition) is 3. The van der Waals surface area contributed by atoms with Crippen LogP contribution in [-0.4, -0.2) is 37.9 Å². The Morgan fingerprint density at radius 3 is 2.44 bits per heavy atom. The van der Waals surface area contributed by atoms with Crippen LogP contribution in [0.2, 0.25) is 0 Å². The topological polar surface area (TPSA) is 49.4 Å². The summed E-state index contributed by atoms with van der Waals surface area (Å²) in [6, 6.07) is 8.69. The summed E-state index contributed by atoms with van der Waals surface area (Å²) < 4.78 is 26.4. The van der Waals surface area contributed by atoms with Crippen LogP contribution in [-0.2, 0) is 10.0 Å². The quantitative estimate of drug-likeness (QED) is 0.891. The predicted molar refractivity (Wildman–Crippen MR) is 72.4 cm³/mol. The molecule has 3 rings (SSSR count).